The zero-order valence-electron chi connectivity index (χ0n) is 15.7. The van der Waals surface area contributed by atoms with Crippen molar-refractivity contribution < 1.29 is 19.8 Å². The standard InChI is InChI=1S/C23H17N3O4/c27-21-10-8-17(26-12-4-11-24-26)14-19(21)22(28)25-20-13-16(7-9-18(20)23(29)30)15-5-2-1-3-6-15/h1-14,27H,(H,25,28)(H,29,30). The SMILES string of the molecule is O=C(Nc1cc(-c2ccccc2)ccc1C(=O)O)c1cc(-n2cccn2)ccc1O. The fourth-order valence-electron chi connectivity index (χ4n) is 3.10. The van der Waals surface area contributed by atoms with Crippen LogP contribution in [0.2, 0.25) is 0 Å². The molecule has 1 amide bonds. The Bertz CT molecular complexity index is 1220. The number of carboxylic acid groups (broad SMARTS) is 1. The molecule has 1 heterocycles. The molecule has 0 saturated heterocycles. The molecule has 0 aliphatic carbocycles. The summed E-state index contributed by atoms with van der Waals surface area (Å²) >= 11 is 0. The highest BCUT2D eigenvalue weighted by molar-refractivity contribution is 6.09. The van der Waals surface area contributed by atoms with Crippen molar-refractivity contribution in [3.05, 3.63) is 96.3 Å². The Morgan fingerprint density at radius 2 is 1.67 bits per heavy atom. The maximum atomic E-state index is 12.9. The van der Waals surface area contributed by atoms with E-state index in [9.17, 15) is 19.8 Å². The molecule has 0 radical (unpaired) electrons. The summed E-state index contributed by atoms with van der Waals surface area (Å²) < 4.78 is 1.55. The molecule has 0 bridgehead atoms. The third-order valence-corrected chi connectivity index (χ3v) is 4.60. The number of nitrogens with zero attached hydrogens (tertiary/aromatic N) is 2. The number of hydrogen-bond acceptors (Lipinski definition) is 4. The Morgan fingerprint density at radius 1 is 0.867 bits per heavy atom. The summed E-state index contributed by atoms with van der Waals surface area (Å²) in [5.74, 6) is -2.02. The molecule has 148 valence electrons. The molecule has 3 N–H and O–H groups in total. The Morgan fingerprint density at radius 3 is 2.37 bits per heavy atom. The summed E-state index contributed by atoms with van der Waals surface area (Å²) in [5, 5.41) is 26.4. The highest BCUT2D eigenvalue weighted by Gasteiger charge is 2.18. The number of hydrogen-bond donors (Lipinski definition) is 3. The number of nitrogens with one attached hydrogen (secondary N) is 1. The predicted octanol–water partition coefficient (Wildman–Crippen LogP) is 4.20. The van der Waals surface area contributed by atoms with Gasteiger partial charge in [-0.3, -0.25) is 4.79 Å². The molecule has 30 heavy (non-hydrogen) atoms. The van der Waals surface area contributed by atoms with Gasteiger partial charge in [0.05, 0.1) is 22.5 Å². The van der Waals surface area contributed by atoms with E-state index in [-0.39, 0.29) is 22.6 Å². The number of aromatic carboxylic acids is 1. The second-order valence-corrected chi connectivity index (χ2v) is 6.54. The summed E-state index contributed by atoms with van der Waals surface area (Å²) in [4.78, 5) is 24.5. The predicted molar refractivity (Wildman–Crippen MR) is 112 cm³/mol. The van der Waals surface area contributed by atoms with Crippen LogP contribution in [-0.4, -0.2) is 31.9 Å². The van der Waals surface area contributed by atoms with Crippen molar-refractivity contribution in [1.82, 2.24) is 9.78 Å². The quantitative estimate of drug-likeness (QED) is 0.467. The van der Waals surface area contributed by atoms with Gasteiger partial charge in [-0.05, 0) is 47.5 Å². The van der Waals surface area contributed by atoms with Crippen LogP contribution in [0.4, 0.5) is 5.69 Å². The van der Waals surface area contributed by atoms with Crippen LogP contribution in [0.3, 0.4) is 0 Å². The number of carbonyl (C=O) groups excluding carboxylic acids is 1. The van der Waals surface area contributed by atoms with Gasteiger partial charge in [0.2, 0.25) is 0 Å². The van der Waals surface area contributed by atoms with E-state index in [0.717, 1.165) is 11.1 Å². The van der Waals surface area contributed by atoms with Crippen LogP contribution < -0.4 is 5.32 Å². The molecule has 7 heteroatoms. The third kappa shape index (κ3) is 3.77. The maximum absolute atomic E-state index is 12.9. The number of anilines is 1. The minimum Gasteiger partial charge on any atom is -0.507 e. The number of phenolic OH excluding ortho intramolecular Hbond substituents is 1. The third-order valence-electron chi connectivity index (χ3n) is 4.60. The van der Waals surface area contributed by atoms with Crippen LogP contribution in [0.15, 0.2) is 85.2 Å². The van der Waals surface area contributed by atoms with Gasteiger partial charge in [-0.1, -0.05) is 36.4 Å². The Balaban J connectivity index is 1.71. The van der Waals surface area contributed by atoms with Crippen molar-refractivity contribution in [2.75, 3.05) is 5.32 Å². The van der Waals surface area contributed by atoms with Crippen LogP contribution in [0.5, 0.6) is 5.75 Å². The maximum Gasteiger partial charge on any atom is 0.337 e. The van der Waals surface area contributed by atoms with Crippen molar-refractivity contribution in [2.24, 2.45) is 0 Å². The fraction of sp³-hybridized carbons (Fsp3) is 0. The van der Waals surface area contributed by atoms with E-state index in [0.29, 0.717) is 5.69 Å². The fourth-order valence-corrected chi connectivity index (χ4v) is 3.10. The molecule has 4 rings (SSSR count). The number of phenols is 1. The lowest BCUT2D eigenvalue weighted by Crippen LogP contribution is -2.15. The van der Waals surface area contributed by atoms with Crippen LogP contribution in [-0.2, 0) is 0 Å². The topological polar surface area (TPSA) is 104 Å². The van der Waals surface area contributed by atoms with Gasteiger partial charge >= 0.3 is 5.97 Å². The highest BCUT2D eigenvalue weighted by atomic mass is 16.4. The smallest absolute Gasteiger partial charge is 0.337 e. The first kappa shape index (κ1) is 18.9. The highest BCUT2D eigenvalue weighted by Crippen LogP contribution is 2.28. The van der Waals surface area contributed by atoms with Crippen LogP contribution in [0, 0.1) is 0 Å². The first-order chi connectivity index (χ1) is 14.5. The van der Waals surface area contributed by atoms with Crippen LogP contribution >= 0.6 is 0 Å². The molecule has 1 aromatic heterocycles. The van der Waals surface area contributed by atoms with Gasteiger partial charge in [-0.25, -0.2) is 9.48 Å². The molecular weight excluding hydrogens is 382 g/mol. The first-order valence-corrected chi connectivity index (χ1v) is 9.10. The first-order valence-electron chi connectivity index (χ1n) is 9.10. The second-order valence-electron chi connectivity index (χ2n) is 6.54. The van der Waals surface area contributed by atoms with Gasteiger partial charge in [-0.2, -0.15) is 5.10 Å². The van der Waals surface area contributed by atoms with Crippen molar-refractivity contribution in [2.45, 2.75) is 0 Å². The second kappa shape index (κ2) is 7.92. The molecule has 4 aromatic rings. The molecule has 0 spiro atoms. The Labute approximate surface area is 171 Å². The van der Waals surface area contributed by atoms with Crippen molar-refractivity contribution in [3.63, 3.8) is 0 Å². The minimum absolute atomic E-state index is 0.00412. The summed E-state index contributed by atoms with van der Waals surface area (Å²) in [6.07, 6.45) is 3.31. The van der Waals surface area contributed by atoms with Crippen LogP contribution in [0.1, 0.15) is 20.7 Å². The molecule has 0 aliphatic heterocycles. The molecule has 0 saturated carbocycles. The number of carbonyl (C=O) groups is 2. The zero-order chi connectivity index (χ0) is 21.1. The van der Waals surface area contributed by atoms with Crippen molar-refractivity contribution >= 4 is 17.6 Å². The van der Waals surface area contributed by atoms with Gasteiger partial charge in [0.15, 0.2) is 0 Å². The summed E-state index contributed by atoms with van der Waals surface area (Å²) in [5.41, 5.74) is 2.31. The number of aromatic hydroxyl groups is 1. The van der Waals surface area contributed by atoms with Gasteiger partial charge in [-0.15, -0.1) is 0 Å². The lowest BCUT2D eigenvalue weighted by atomic mass is 10.0. The van der Waals surface area contributed by atoms with Gasteiger partial charge in [0, 0.05) is 12.4 Å². The van der Waals surface area contributed by atoms with E-state index >= 15 is 0 Å². The molecule has 3 aromatic carbocycles. The average molecular weight is 399 g/mol. The number of benzene rings is 3. The molecule has 0 atom stereocenters. The lowest BCUT2D eigenvalue weighted by Gasteiger charge is -2.13. The molecule has 0 aliphatic rings. The molecule has 0 unspecified atom stereocenters. The number of aromatic nitrogens is 2. The van der Waals surface area contributed by atoms with E-state index in [1.54, 1.807) is 41.3 Å². The summed E-state index contributed by atoms with van der Waals surface area (Å²) in [6.45, 7) is 0. The number of carboxylic acids is 1. The Hall–Kier alpha value is -4.39. The van der Waals surface area contributed by atoms with Crippen molar-refractivity contribution in [3.8, 4) is 22.6 Å². The largest absolute Gasteiger partial charge is 0.507 e. The van der Waals surface area contributed by atoms with Crippen molar-refractivity contribution in [1.29, 1.82) is 0 Å². The van der Waals surface area contributed by atoms with Crippen LogP contribution in [0.25, 0.3) is 16.8 Å². The normalized spacial score (nSPS) is 10.5. The molecule has 0 fully saturated rings. The molecular formula is C23H17N3O4. The minimum atomic E-state index is -1.17. The van der Waals surface area contributed by atoms with Gasteiger partial charge in [0.25, 0.3) is 5.91 Å². The summed E-state index contributed by atoms with van der Waals surface area (Å²) in [6, 6.07) is 20.4. The molecule has 7 nitrogen and oxygen atoms in total. The van der Waals surface area contributed by atoms with Gasteiger partial charge < -0.3 is 15.5 Å². The zero-order valence-corrected chi connectivity index (χ0v) is 15.7. The Kier molecular flexibility index (Phi) is 5.00. The van der Waals surface area contributed by atoms with E-state index in [1.165, 1.54) is 18.2 Å². The average Bonchev–Trinajstić information content (AvgIpc) is 3.29. The van der Waals surface area contributed by atoms with E-state index < -0.39 is 11.9 Å². The van der Waals surface area contributed by atoms with E-state index in [2.05, 4.69) is 10.4 Å². The monoisotopic (exact) mass is 399 g/mol. The number of rotatable bonds is 5. The number of amides is 1. The van der Waals surface area contributed by atoms with Gasteiger partial charge in [0.1, 0.15) is 5.75 Å². The summed E-state index contributed by atoms with van der Waals surface area (Å²) in [7, 11) is 0. The van der Waals surface area contributed by atoms with E-state index in [4.69, 9.17) is 0 Å². The lowest BCUT2D eigenvalue weighted by molar-refractivity contribution is 0.0698. The van der Waals surface area contributed by atoms with E-state index in [1.807, 2.05) is 30.3 Å².